The Hall–Kier alpha value is -3.61. The minimum atomic E-state index is -0.00329. The lowest BCUT2D eigenvalue weighted by atomic mass is 10.1. The lowest BCUT2D eigenvalue weighted by Gasteiger charge is -2.21. The minimum absolute atomic E-state index is 0.00329. The van der Waals surface area contributed by atoms with Crippen molar-refractivity contribution in [3.63, 3.8) is 0 Å². The molecule has 2 aromatic carbocycles. The zero-order valence-corrected chi connectivity index (χ0v) is 18.6. The van der Waals surface area contributed by atoms with Crippen molar-refractivity contribution in [3.8, 4) is 11.3 Å². The number of aliphatic imine (C=N–C) groups is 1. The van der Waals surface area contributed by atoms with Crippen molar-refractivity contribution < 1.29 is 4.79 Å². The minimum Gasteiger partial charge on any atom is -0.357 e. The number of carbonyl (C=O) groups excluding carboxylic acids is 1. The van der Waals surface area contributed by atoms with E-state index in [-0.39, 0.29) is 5.91 Å². The van der Waals surface area contributed by atoms with Gasteiger partial charge in [-0.2, -0.15) is 0 Å². The van der Waals surface area contributed by atoms with Gasteiger partial charge in [0.1, 0.15) is 5.82 Å². The Morgan fingerprint density at radius 2 is 1.77 bits per heavy atom. The molecule has 0 unspecified atom stereocenters. The topological polar surface area (TPSA) is 76.6 Å². The third kappa shape index (κ3) is 5.94. The molecule has 0 saturated carbocycles. The van der Waals surface area contributed by atoms with Gasteiger partial charge in [-0.05, 0) is 30.2 Å². The molecule has 0 aliphatic carbocycles. The molecule has 1 aromatic heterocycles. The van der Waals surface area contributed by atoms with E-state index in [1.807, 2.05) is 67.5 Å². The molecular weight excluding hydrogens is 388 g/mol. The zero-order valence-electron chi connectivity index (χ0n) is 18.6. The smallest absolute Gasteiger partial charge is 0.253 e. The number of benzene rings is 2. The maximum absolute atomic E-state index is 12.0. The molecule has 31 heavy (non-hydrogen) atoms. The first-order valence-electron chi connectivity index (χ1n) is 10.4. The zero-order chi connectivity index (χ0) is 22.2. The SMILES string of the molecule is CCNC(=NCc1ccc(C(=O)N(C)C)cc1)N(C)Cc1ncc(-c2ccccc2)[nH]1. The van der Waals surface area contributed by atoms with E-state index in [1.54, 1.807) is 19.0 Å². The fraction of sp³-hybridized carbons (Fsp3) is 0.292. The summed E-state index contributed by atoms with van der Waals surface area (Å²) in [7, 11) is 5.49. The highest BCUT2D eigenvalue weighted by Gasteiger charge is 2.11. The average molecular weight is 419 g/mol. The summed E-state index contributed by atoms with van der Waals surface area (Å²) in [6, 6.07) is 17.7. The van der Waals surface area contributed by atoms with Crippen LogP contribution in [0.3, 0.4) is 0 Å². The quantitative estimate of drug-likeness (QED) is 0.456. The molecule has 1 amide bonds. The Balaban J connectivity index is 1.66. The van der Waals surface area contributed by atoms with E-state index < -0.39 is 0 Å². The van der Waals surface area contributed by atoms with Crippen molar-refractivity contribution in [1.29, 1.82) is 0 Å². The maximum Gasteiger partial charge on any atom is 0.253 e. The van der Waals surface area contributed by atoms with Gasteiger partial charge in [-0.15, -0.1) is 0 Å². The summed E-state index contributed by atoms with van der Waals surface area (Å²) in [6.07, 6.45) is 1.86. The first kappa shape index (κ1) is 22.1. The summed E-state index contributed by atoms with van der Waals surface area (Å²) < 4.78 is 0. The number of amides is 1. The molecule has 0 aliphatic rings. The van der Waals surface area contributed by atoms with Gasteiger partial charge in [-0.25, -0.2) is 9.98 Å². The van der Waals surface area contributed by atoms with Crippen LogP contribution in [0.4, 0.5) is 0 Å². The molecule has 0 bridgehead atoms. The van der Waals surface area contributed by atoms with Crippen LogP contribution in [0.25, 0.3) is 11.3 Å². The van der Waals surface area contributed by atoms with Crippen LogP contribution >= 0.6 is 0 Å². The van der Waals surface area contributed by atoms with E-state index in [1.165, 1.54) is 0 Å². The van der Waals surface area contributed by atoms with Gasteiger partial charge < -0.3 is 20.1 Å². The molecule has 3 aromatic rings. The number of carbonyl (C=O) groups is 1. The van der Waals surface area contributed by atoms with E-state index in [2.05, 4.69) is 27.4 Å². The lowest BCUT2D eigenvalue weighted by molar-refractivity contribution is 0.0827. The molecule has 0 saturated heterocycles. The van der Waals surface area contributed by atoms with Crippen LogP contribution < -0.4 is 5.32 Å². The van der Waals surface area contributed by atoms with E-state index in [0.717, 1.165) is 35.1 Å². The van der Waals surface area contributed by atoms with Crippen molar-refractivity contribution in [2.45, 2.75) is 20.0 Å². The first-order chi connectivity index (χ1) is 15.0. The number of rotatable bonds is 7. The van der Waals surface area contributed by atoms with E-state index in [0.29, 0.717) is 18.7 Å². The Bertz CT molecular complexity index is 1010. The lowest BCUT2D eigenvalue weighted by Crippen LogP contribution is -2.38. The van der Waals surface area contributed by atoms with Crippen LogP contribution in [0.2, 0.25) is 0 Å². The Kier molecular flexibility index (Phi) is 7.43. The Morgan fingerprint density at radius 1 is 1.06 bits per heavy atom. The number of hydrogen-bond donors (Lipinski definition) is 2. The third-order valence-electron chi connectivity index (χ3n) is 4.82. The number of hydrogen-bond acceptors (Lipinski definition) is 3. The summed E-state index contributed by atoms with van der Waals surface area (Å²) in [4.78, 5) is 28.3. The van der Waals surface area contributed by atoms with Crippen LogP contribution in [0.1, 0.15) is 28.7 Å². The standard InChI is InChI=1S/C24H30N6O/c1-5-25-24(27-15-18-11-13-20(14-12-18)23(31)29(2)3)30(4)17-22-26-16-21(28-22)19-9-7-6-8-10-19/h6-14,16H,5,15,17H2,1-4H3,(H,25,27)(H,26,28). The predicted molar refractivity (Wildman–Crippen MR) is 125 cm³/mol. The largest absolute Gasteiger partial charge is 0.357 e. The van der Waals surface area contributed by atoms with Gasteiger partial charge in [-0.3, -0.25) is 4.79 Å². The summed E-state index contributed by atoms with van der Waals surface area (Å²) in [5.74, 6) is 1.67. The van der Waals surface area contributed by atoms with Crippen molar-refractivity contribution in [1.82, 2.24) is 25.1 Å². The van der Waals surface area contributed by atoms with Crippen molar-refractivity contribution in [3.05, 3.63) is 77.7 Å². The van der Waals surface area contributed by atoms with Crippen LogP contribution in [0.5, 0.6) is 0 Å². The molecule has 1 heterocycles. The molecule has 7 nitrogen and oxygen atoms in total. The maximum atomic E-state index is 12.0. The highest BCUT2D eigenvalue weighted by Crippen LogP contribution is 2.16. The van der Waals surface area contributed by atoms with E-state index in [9.17, 15) is 4.79 Å². The Labute approximate surface area is 183 Å². The predicted octanol–water partition coefficient (Wildman–Crippen LogP) is 3.38. The van der Waals surface area contributed by atoms with Gasteiger partial charge in [0.15, 0.2) is 5.96 Å². The molecule has 7 heteroatoms. The third-order valence-corrected chi connectivity index (χ3v) is 4.82. The fourth-order valence-corrected chi connectivity index (χ4v) is 3.15. The van der Waals surface area contributed by atoms with E-state index >= 15 is 0 Å². The van der Waals surface area contributed by atoms with Crippen LogP contribution in [-0.4, -0.2) is 59.3 Å². The second kappa shape index (κ2) is 10.4. The average Bonchev–Trinajstić information content (AvgIpc) is 3.25. The number of aromatic nitrogens is 2. The number of imidazole rings is 1. The number of aromatic amines is 1. The number of nitrogens with one attached hydrogen (secondary N) is 2. The summed E-state index contributed by atoms with van der Waals surface area (Å²) in [6.45, 7) is 3.95. The van der Waals surface area contributed by atoms with Gasteiger partial charge in [0.25, 0.3) is 5.91 Å². The fourth-order valence-electron chi connectivity index (χ4n) is 3.15. The van der Waals surface area contributed by atoms with Gasteiger partial charge in [0.2, 0.25) is 0 Å². The monoisotopic (exact) mass is 418 g/mol. The molecule has 0 fully saturated rings. The molecule has 162 valence electrons. The van der Waals surface area contributed by atoms with Crippen molar-refractivity contribution in [2.75, 3.05) is 27.7 Å². The molecule has 0 spiro atoms. The van der Waals surface area contributed by atoms with Crippen LogP contribution in [0, 0.1) is 0 Å². The normalized spacial score (nSPS) is 11.3. The molecule has 0 aliphatic heterocycles. The van der Waals surface area contributed by atoms with Gasteiger partial charge in [0, 0.05) is 33.3 Å². The summed E-state index contributed by atoms with van der Waals surface area (Å²) in [5.41, 5.74) is 3.83. The summed E-state index contributed by atoms with van der Waals surface area (Å²) >= 11 is 0. The van der Waals surface area contributed by atoms with E-state index in [4.69, 9.17) is 4.99 Å². The van der Waals surface area contributed by atoms with Crippen LogP contribution in [0.15, 0.2) is 65.8 Å². The van der Waals surface area contributed by atoms with Gasteiger partial charge in [0.05, 0.1) is 25.0 Å². The van der Waals surface area contributed by atoms with Crippen LogP contribution in [-0.2, 0) is 13.1 Å². The molecule has 0 radical (unpaired) electrons. The number of guanidine groups is 1. The molecule has 2 N–H and O–H groups in total. The highest BCUT2D eigenvalue weighted by molar-refractivity contribution is 5.93. The number of nitrogens with zero attached hydrogens (tertiary/aromatic N) is 4. The molecular formula is C24H30N6O. The second-order valence-corrected chi connectivity index (χ2v) is 7.53. The second-order valence-electron chi connectivity index (χ2n) is 7.53. The highest BCUT2D eigenvalue weighted by atomic mass is 16.2. The van der Waals surface area contributed by atoms with Gasteiger partial charge >= 0.3 is 0 Å². The Morgan fingerprint density at radius 3 is 2.42 bits per heavy atom. The van der Waals surface area contributed by atoms with Gasteiger partial charge in [-0.1, -0.05) is 42.5 Å². The van der Waals surface area contributed by atoms with Crippen molar-refractivity contribution in [2.24, 2.45) is 4.99 Å². The number of H-pyrrole nitrogens is 1. The first-order valence-corrected chi connectivity index (χ1v) is 10.4. The molecule has 3 rings (SSSR count). The molecule has 0 atom stereocenters. The summed E-state index contributed by atoms with van der Waals surface area (Å²) in [5, 5.41) is 3.33. The van der Waals surface area contributed by atoms with Crippen molar-refractivity contribution >= 4 is 11.9 Å².